The first kappa shape index (κ1) is 13.8. The van der Waals surface area contributed by atoms with Gasteiger partial charge in [-0.1, -0.05) is 23.7 Å². The number of benzene rings is 2. The standard InChI is InChI=1S/C17H18ClNS/c1-11-4-3-5-15(12(11)2)19-16-8-9-20-17-7-6-13(18)10-14(16)17/h3-7,10,16,19H,8-9H2,1-2H3. The highest BCUT2D eigenvalue weighted by molar-refractivity contribution is 7.99. The minimum atomic E-state index is 0.352. The molecule has 0 aromatic heterocycles. The molecule has 1 N–H and O–H groups in total. The van der Waals surface area contributed by atoms with Crippen molar-refractivity contribution >= 4 is 29.1 Å². The lowest BCUT2D eigenvalue weighted by Gasteiger charge is -2.28. The summed E-state index contributed by atoms with van der Waals surface area (Å²) in [5.74, 6) is 1.15. The molecule has 3 heteroatoms. The molecule has 1 aliphatic heterocycles. The first-order valence-corrected chi connectivity index (χ1v) is 8.26. The van der Waals surface area contributed by atoms with E-state index in [0.717, 1.165) is 17.2 Å². The van der Waals surface area contributed by atoms with Crippen LogP contribution in [0.2, 0.25) is 5.02 Å². The lowest BCUT2D eigenvalue weighted by molar-refractivity contribution is 0.727. The summed E-state index contributed by atoms with van der Waals surface area (Å²) in [7, 11) is 0. The second kappa shape index (κ2) is 5.71. The fourth-order valence-corrected chi connectivity index (χ4v) is 3.90. The Balaban J connectivity index is 1.93. The number of thioether (sulfide) groups is 1. The van der Waals surface area contributed by atoms with Gasteiger partial charge in [0, 0.05) is 21.4 Å². The van der Waals surface area contributed by atoms with E-state index in [1.165, 1.54) is 27.3 Å². The summed E-state index contributed by atoms with van der Waals surface area (Å²) in [5.41, 5.74) is 5.21. The molecule has 0 radical (unpaired) electrons. The van der Waals surface area contributed by atoms with E-state index >= 15 is 0 Å². The minimum absolute atomic E-state index is 0.352. The Bertz CT molecular complexity index is 639. The molecule has 2 aromatic rings. The smallest absolute Gasteiger partial charge is 0.0533 e. The number of hydrogen-bond donors (Lipinski definition) is 1. The Hall–Kier alpha value is -1.12. The lowest BCUT2D eigenvalue weighted by Crippen LogP contribution is -2.16. The Morgan fingerprint density at radius 1 is 1.20 bits per heavy atom. The fourth-order valence-electron chi connectivity index (χ4n) is 2.61. The Morgan fingerprint density at radius 3 is 2.90 bits per heavy atom. The van der Waals surface area contributed by atoms with Crippen molar-refractivity contribution in [2.45, 2.75) is 31.2 Å². The monoisotopic (exact) mass is 303 g/mol. The van der Waals surface area contributed by atoms with Crippen molar-refractivity contribution in [1.29, 1.82) is 0 Å². The van der Waals surface area contributed by atoms with Gasteiger partial charge >= 0.3 is 0 Å². The van der Waals surface area contributed by atoms with E-state index in [1.807, 2.05) is 17.8 Å². The largest absolute Gasteiger partial charge is 0.378 e. The van der Waals surface area contributed by atoms with Crippen LogP contribution in [0.3, 0.4) is 0 Å². The summed E-state index contributed by atoms with van der Waals surface area (Å²) in [4.78, 5) is 1.35. The van der Waals surface area contributed by atoms with Gasteiger partial charge in [0.05, 0.1) is 6.04 Å². The van der Waals surface area contributed by atoms with Gasteiger partial charge in [0.1, 0.15) is 0 Å². The van der Waals surface area contributed by atoms with Crippen molar-refractivity contribution in [3.8, 4) is 0 Å². The molecule has 1 heterocycles. The second-order valence-corrected chi connectivity index (χ2v) is 6.84. The SMILES string of the molecule is Cc1cccc(NC2CCSc3ccc(Cl)cc32)c1C. The molecule has 1 unspecified atom stereocenters. The molecule has 0 spiro atoms. The second-order valence-electron chi connectivity index (χ2n) is 5.26. The third kappa shape index (κ3) is 2.68. The summed E-state index contributed by atoms with van der Waals surface area (Å²) in [6.45, 7) is 4.33. The van der Waals surface area contributed by atoms with Crippen LogP contribution in [0.5, 0.6) is 0 Å². The van der Waals surface area contributed by atoms with Crippen molar-refractivity contribution in [3.63, 3.8) is 0 Å². The number of hydrogen-bond acceptors (Lipinski definition) is 2. The van der Waals surface area contributed by atoms with Gasteiger partial charge in [0.2, 0.25) is 0 Å². The number of nitrogens with one attached hydrogen (secondary N) is 1. The van der Waals surface area contributed by atoms with Crippen LogP contribution in [0.4, 0.5) is 5.69 Å². The number of aryl methyl sites for hydroxylation is 1. The normalized spacial score (nSPS) is 17.6. The van der Waals surface area contributed by atoms with Gasteiger partial charge in [0.15, 0.2) is 0 Å². The Kier molecular flexibility index (Phi) is 3.95. The fraction of sp³-hybridized carbons (Fsp3) is 0.294. The van der Waals surface area contributed by atoms with E-state index in [4.69, 9.17) is 11.6 Å². The quantitative estimate of drug-likeness (QED) is 0.774. The maximum atomic E-state index is 6.16. The van der Waals surface area contributed by atoms with E-state index in [0.29, 0.717) is 6.04 Å². The van der Waals surface area contributed by atoms with Gasteiger partial charge in [-0.3, -0.25) is 0 Å². The summed E-state index contributed by atoms with van der Waals surface area (Å²) in [5, 5.41) is 4.52. The maximum Gasteiger partial charge on any atom is 0.0533 e. The molecule has 0 bridgehead atoms. The topological polar surface area (TPSA) is 12.0 Å². The van der Waals surface area contributed by atoms with E-state index in [2.05, 4.69) is 49.5 Å². The average molecular weight is 304 g/mol. The van der Waals surface area contributed by atoms with E-state index in [1.54, 1.807) is 0 Å². The predicted octanol–water partition coefficient (Wildman–Crippen LogP) is 5.61. The molecule has 1 nitrogen and oxygen atoms in total. The summed E-state index contributed by atoms with van der Waals surface area (Å²) in [6.07, 6.45) is 1.13. The molecule has 0 saturated carbocycles. The zero-order valence-electron chi connectivity index (χ0n) is 11.7. The van der Waals surface area contributed by atoms with Crippen LogP contribution in [-0.4, -0.2) is 5.75 Å². The molecule has 0 fully saturated rings. The number of halogens is 1. The van der Waals surface area contributed by atoms with Crippen molar-refractivity contribution in [2.24, 2.45) is 0 Å². The Labute approximate surface area is 129 Å². The highest BCUT2D eigenvalue weighted by Crippen LogP contribution is 2.39. The maximum absolute atomic E-state index is 6.16. The third-order valence-corrected chi connectivity index (χ3v) is 5.30. The van der Waals surface area contributed by atoms with Gasteiger partial charge in [0.25, 0.3) is 0 Å². The van der Waals surface area contributed by atoms with Crippen molar-refractivity contribution < 1.29 is 0 Å². The molecule has 0 aliphatic carbocycles. The molecular formula is C17H18ClNS. The van der Waals surface area contributed by atoms with Crippen LogP contribution in [0.1, 0.15) is 29.2 Å². The third-order valence-electron chi connectivity index (χ3n) is 3.95. The van der Waals surface area contributed by atoms with Gasteiger partial charge in [-0.05, 0) is 61.2 Å². The van der Waals surface area contributed by atoms with Crippen LogP contribution in [0.25, 0.3) is 0 Å². The zero-order chi connectivity index (χ0) is 14.1. The molecule has 2 aromatic carbocycles. The molecule has 3 rings (SSSR count). The summed E-state index contributed by atoms with van der Waals surface area (Å²) >= 11 is 8.08. The predicted molar refractivity (Wildman–Crippen MR) is 89.1 cm³/mol. The molecule has 1 atom stereocenters. The van der Waals surface area contributed by atoms with Gasteiger partial charge in [-0.25, -0.2) is 0 Å². The van der Waals surface area contributed by atoms with Crippen molar-refractivity contribution in [2.75, 3.05) is 11.1 Å². The first-order chi connectivity index (χ1) is 9.65. The first-order valence-electron chi connectivity index (χ1n) is 6.90. The molecular weight excluding hydrogens is 286 g/mol. The minimum Gasteiger partial charge on any atom is -0.378 e. The van der Waals surface area contributed by atoms with Crippen molar-refractivity contribution in [1.82, 2.24) is 0 Å². The Morgan fingerprint density at radius 2 is 2.05 bits per heavy atom. The highest BCUT2D eigenvalue weighted by Gasteiger charge is 2.21. The van der Waals surface area contributed by atoms with Gasteiger partial charge in [-0.15, -0.1) is 11.8 Å². The van der Waals surface area contributed by atoms with Crippen LogP contribution in [0.15, 0.2) is 41.3 Å². The highest BCUT2D eigenvalue weighted by atomic mass is 35.5. The average Bonchev–Trinajstić information content (AvgIpc) is 2.44. The molecule has 20 heavy (non-hydrogen) atoms. The van der Waals surface area contributed by atoms with Gasteiger partial charge < -0.3 is 5.32 Å². The molecule has 104 valence electrons. The van der Waals surface area contributed by atoms with E-state index < -0.39 is 0 Å². The zero-order valence-corrected chi connectivity index (χ0v) is 13.3. The molecule has 0 amide bonds. The molecule has 0 saturated heterocycles. The number of anilines is 1. The van der Waals surface area contributed by atoms with E-state index in [-0.39, 0.29) is 0 Å². The van der Waals surface area contributed by atoms with Crippen LogP contribution in [-0.2, 0) is 0 Å². The van der Waals surface area contributed by atoms with Crippen LogP contribution < -0.4 is 5.32 Å². The lowest BCUT2D eigenvalue weighted by atomic mass is 10.0. The summed E-state index contributed by atoms with van der Waals surface area (Å²) < 4.78 is 0. The number of rotatable bonds is 2. The van der Waals surface area contributed by atoms with Gasteiger partial charge in [-0.2, -0.15) is 0 Å². The van der Waals surface area contributed by atoms with Crippen LogP contribution >= 0.6 is 23.4 Å². The number of fused-ring (bicyclic) bond motifs is 1. The van der Waals surface area contributed by atoms with Crippen LogP contribution in [0, 0.1) is 13.8 Å². The van der Waals surface area contributed by atoms with Crippen molar-refractivity contribution in [3.05, 3.63) is 58.1 Å². The van der Waals surface area contributed by atoms with E-state index in [9.17, 15) is 0 Å². The molecule has 1 aliphatic rings. The summed E-state index contributed by atoms with van der Waals surface area (Å²) in [6, 6.07) is 13.0.